The monoisotopic (exact) mass is 290 g/mol. The minimum Gasteiger partial charge on any atom is -0.488 e. The number of carbonyl (C=O) groups is 1. The number of fused-ring (bicyclic) bond motifs is 1. The van der Waals surface area contributed by atoms with Crippen LogP contribution in [0.3, 0.4) is 0 Å². The summed E-state index contributed by atoms with van der Waals surface area (Å²) >= 11 is 0. The maximum absolute atomic E-state index is 13.3. The molecule has 21 heavy (non-hydrogen) atoms. The second-order valence-electron chi connectivity index (χ2n) is 6.18. The van der Waals surface area contributed by atoms with E-state index in [0.29, 0.717) is 30.0 Å². The van der Waals surface area contributed by atoms with Crippen molar-refractivity contribution in [1.82, 2.24) is 10.2 Å². The zero-order chi connectivity index (χ0) is 15.0. The van der Waals surface area contributed by atoms with Crippen molar-refractivity contribution in [2.24, 2.45) is 0 Å². The predicted octanol–water partition coefficient (Wildman–Crippen LogP) is 1.81. The predicted molar refractivity (Wildman–Crippen MR) is 78.5 cm³/mol. The Hall–Kier alpha value is -1.88. The van der Waals surface area contributed by atoms with Crippen LogP contribution in [0.4, 0.5) is 4.39 Å². The molecular weight excluding hydrogens is 271 g/mol. The summed E-state index contributed by atoms with van der Waals surface area (Å²) in [4.78, 5) is 14.4. The van der Waals surface area contributed by atoms with Gasteiger partial charge >= 0.3 is 0 Å². The van der Waals surface area contributed by atoms with Crippen LogP contribution in [-0.4, -0.2) is 42.6 Å². The van der Waals surface area contributed by atoms with Gasteiger partial charge in [-0.3, -0.25) is 4.79 Å². The van der Waals surface area contributed by atoms with Gasteiger partial charge in [-0.1, -0.05) is 0 Å². The van der Waals surface area contributed by atoms with Crippen molar-refractivity contribution < 1.29 is 13.9 Å². The fourth-order valence-corrected chi connectivity index (χ4v) is 2.79. The highest BCUT2D eigenvalue weighted by Crippen LogP contribution is 2.28. The minimum atomic E-state index is -0.328. The molecule has 1 aromatic rings. The second kappa shape index (κ2) is 5.15. The number of rotatable bonds is 1. The third-order valence-electron chi connectivity index (χ3n) is 3.82. The number of nitrogens with zero attached hydrogens (tertiary/aromatic N) is 1. The van der Waals surface area contributed by atoms with Gasteiger partial charge in [0.2, 0.25) is 0 Å². The zero-order valence-electron chi connectivity index (χ0n) is 12.3. The van der Waals surface area contributed by atoms with Crippen molar-refractivity contribution in [3.8, 4) is 5.75 Å². The zero-order valence-corrected chi connectivity index (χ0v) is 12.3. The van der Waals surface area contributed by atoms with Crippen molar-refractivity contribution in [3.05, 3.63) is 35.2 Å². The Bertz CT molecular complexity index is 610. The van der Waals surface area contributed by atoms with Crippen molar-refractivity contribution in [2.75, 3.05) is 26.2 Å². The molecule has 0 aromatic heterocycles. The number of amides is 1. The molecule has 0 saturated carbocycles. The summed E-state index contributed by atoms with van der Waals surface area (Å²) < 4.78 is 18.8. The van der Waals surface area contributed by atoms with Gasteiger partial charge in [0, 0.05) is 30.7 Å². The van der Waals surface area contributed by atoms with Crippen LogP contribution in [0.1, 0.15) is 19.4 Å². The van der Waals surface area contributed by atoms with E-state index in [2.05, 4.69) is 19.2 Å². The van der Waals surface area contributed by atoms with Gasteiger partial charge in [0.15, 0.2) is 0 Å². The molecule has 0 bridgehead atoms. The highest BCUT2D eigenvalue weighted by molar-refractivity contribution is 5.99. The van der Waals surface area contributed by atoms with Gasteiger partial charge in [-0.05, 0) is 38.1 Å². The topological polar surface area (TPSA) is 41.6 Å². The first-order chi connectivity index (χ1) is 9.94. The molecule has 5 heteroatoms. The van der Waals surface area contributed by atoms with E-state index < -0.39 is 0 Å². The molecule has 3 rings (SSSR count). The number of nitrogens with one attached hydrogen (secondary N) is 1. The number of piperazine rings is 1. The smallest absolute Gasteiger partial charge is 0.253 e. The number of benzene rings is 1. The third kappa shape index (κ3) is 2.93. The molecular formula is C16H19FN2O2. The Labute approximate surface area is 123 Å². The fraction of sp³-hybridized carbons (Fsp3) is 0.438. The lowest BCUT2D eigenvalue weighted by Crippen LogP contribution is -2.58. The first-order valence-electron chi connectivity index (χ1n) is 7.12. The lowest BCUT2D eigenvalue weighted by Gasteiger charge is -2.39. The summed E-state index contributed by atoms with van der Waals surface area (Å²) in [5, 5.41) is 3.38. The average Bonchev–Trinajstić information content (AvgIpc) is 2.44. The highest BCUT2D eigenvalue weighted by atomic mass is 19.1. The Balaban J connectivity index is 1.82. The summed E-state index contributed by atoms with van der Waals surface area (Å²) in [6.45, 7) is 6.49. The number of halogens is 1. The molecule has 0 aliphatic carbocycles. The lowest BCUT2D eigenvalue weighted by atomic mass is 10.0. The lowest BCUT2D eigenvalue weighted by molar-refractivity contribution is -0.129. The highest BCUT2D eigenvalue weighted by Gasteiger charge is 2.30. The van der Waals surface area contributed by atoms with Crippen LogP contribution in [0.2, 0.25) is 0 Å². The Kier molecular flexibility index (Phi) is 3.45. The van der Waals surface area contributed by atoms with Gasteiger partial charge < -0.3 is 15.0 Å². The summed E-state index contributed by atoms with van der Waals surface area (Å²) in [7, 11) is 0. The van der Waals surface area contributed by atoms with E-state index in [0.717, 1.165) is 6.54 Å². The van der Waals surface area contributed by atoms with Gasteiger partial charge in [0.25, 0.3) is 5.91 Å². The molecule has 0 atom stereocenters. The Morgan fingerprint density at radius 1 is 1.43 bits per heavy atom. The molecule has 0 spiro atoms. The average molecular weight is 290 g/mol. The fourth-order valence-electron chi connectivity index (χ4n) is 2.79. The van der Waals surface area contributed by atoms with Crippen molar-refractivity contribution in [3.63, 3.8) is 0 Å². The van der Waals surface area contributed by atoms with E-state index in [1.807, 2.05) is 4.90 Å². The molecule has 1 N–H and O–H groups in total. The van der Waals surface area contributed by atoms with Crippen molar-refractivity contribution in [1.29, 1.82) is 0 Å². The van der Waals surface area contributed by atoms with Gasteiger partial charge in [-0.15, -0.1) is 0 Å². The molecule has 1 saturated heterocycles. The van der Waals surface area contributed by atoms with Gasteiger partial charge in [0.05, 0.1) is 5.57 Å². The number of hydrogen-bond acceptors (Lipinski definition) is 3. The molecule has 0 radical (unpaired) electrons. The van der Waals surface area contributed by atoms with E-state index in [1.165, 1.54) is 12.1 Å². The van der Waals surface area contributed by atoms with Crippen LogP contribution in [0.5, 0.6) is 5.75 Å². The maximum Gasteiger partial charge on any atom is 0.253 e. The van der Waals surface area contributed by atoms with E-state index in [1.54, 1.807) is 12.1 Å². The molecule has 112 valence electrons. The van der Waals surface area contributed by atoms with Crippen LogP contribution in [0.25, 0.3) is 6.08 Å². The molecule has 2 aliphatic heterocycles. The van der Waals surface area contributed by atoms with Crippen LogP contribution in [-0.2, 0) is 4.79 Å². The maximum atomic E-state index is 13.3. The van der Waals surface area contributed by atoms with Crippen LogP contribution < -0.4 is 10.1 Å². The molecule has 2 heterocycles. The van der Waals surface area contributed by atoms with Crippen molar-refractivity contribution in [2.45, 2.75) is 19.4 Å². The first-order valence-corrected chi connectivity index (χ1v) is 7.12. The summed E-state index contributed by atoms with van der Waals surface area (Å²) in [5.74, 6) is 0.263. The second-order valence-corrected chi connectivity index (χ2v) is 6.18. The molecule has 0 unspecified atom stereocenters. The summed E-state index contributed by atoms with van der Waals surface area (Å²) in [6.07, 6.45) is 1.74. The molecule has 1 fully saturated rings. The van der Waals surface area contributed by atoms with Crippen LogP contribution in [0, 0.1) is 5.82 Å². The summed E-state index contributed by atoms with van der Waals surface area (Å²) in [5.41, 5.74) is 1.11. The number of hydrogen-bond donors (Lipinski definition) is 1. The van der Waals surface area contributed by atoms with Crippen LogP contribution >= 0.6 is 0 Å². The van der Waals surface area contributed by atoms with E-state index in [9.17, 15) is 9.18 Å². The SMILES string of the molecule is CC1(C)CN(C(=O)C2=Cc3cc(F)ccc3OC2)CCN1. The van der Waals surface area contributed by atoms with Gasteiger partial charge in [0.1, 0.15) is 18.2 Å². The normalized spacial score (nSPS) is 20.3. The molecule has 1 amide bonds. The molecule has 1 aromatic carbocycles. The molecule has 2 aliphatic rings. The number of carbonyl (C=O) groups excluding carboxylic acids is 1. The van der Waals surface area contributed by atoms with E-state index in [-0.39, 0.29) is 23.9 Å². The van der Waals surface area contributed by atoms with Crippen LogP contribution in [0.15, 0.2) is 23.8 Å². The Morgan fingerprint density at radius 3 is 3.00 bits per heavy atom. The van der Waals surface area contributed by atoms with Gasteiger partial charge in [-0.25, -0.2) is 4.39 Å². The van der Waals surface area contributed by atoms with E-state index >= 15 is 0 Å². The van der Waals surface area contributed by atoms with E-state index in [4.69, 9.17) is 4.74 Å². The van der Waals surface area contributed by atoms with Crippen molar-refractivity contribution >= 4 is 12.0 Å². The Morgan fingerprint density at radius 2 is 2.24 bits per heavy atom. The standard InChI is InChI=1S/C16H19FN2O2/c1-16(2)10-19(6-5-18-16)15(20)12-7-11-8-13(17)3-4-14(11)21-9-12/h3-4,7-8,18H,5-6,9-10H2,1-2H3. The minimum absolute atomic E-state index is 0.0283. The summed E-state index contributed by atoms with van der Waals surface area (Å²) in [6, 6.07) is 4.35. The number of ether oxygens (including phenoxy) is 1. The quantitative estimate of drug-likeness (QED) is 0.857. The third-order valence-corrected chi connectivity index (χ3v) is 3.82. The first kappa shape index (κ1) is 14.1. The molecule has 4 nitrogen and oxygen atoms in total. The van der Waals surface area contributed by atoms with Gasteiger partial charge in [-0.2, -0.15) is 0 Å². The largest absolute Gasteiger partial charge is 0.488 e.